The third-order valence-corrected chi connectivity index (χ3v) is 4.66. The number of likely N-dealkylation sites (tertiary alicyclic amines) is 1. The van der Waals surface area contributed by atoms with E-state index in [4.69, 9.17) is 5.73 Å². The maximum Gasteiger partial charge on any atom is 0.0438 e. The smallest absolute Gasteiger partial charge is 0.0438 e. The number of rotatable bonds is 4. The minimum absolute atomic E-state index is 0.638. The number of hydrogen-bond acceptors (Lipinski definition) is 3. The van der Waals surface area contributed by atoms with Gasteiger partial charge >= 0.3 is 0 Å². The van der Waals surface area contributed by atoms with Crippen molar-refractivity contribution in [3.63, 3.8) is 0 Å². The Balaban J connectivity index is 1.96. The van der Waals surface area contributed by atoms with Crippen LogP contribution in [-0.4, -0.2) is 24.5 Å². The zero-order chi connectivity index (χ0) is 11.4. The Morgan fingerprint density at radius 3 is 2.75 bits per heavy atom. The van der Waals surface area contributed by atoms with Crippen molar-refractivity contribution in [2.45, 2.75) is 32.2 Å². The van der Waals surface area contributed by atoms with Gasteiger partial charge in [0.2, 0.25) is 0 Å². The van der Waals surface area contributed by atoms with Crippen LogP contribution < -0.4 is 5.73 Å². The molecule has 1 aromatic heterocycles. The predicted molar refractivity (Wildman–Crippen MR) is 70.7 cm³/mol. The van der Waals surface area contributed by atoms with Gasteiger partial charge in [-0.1, -0.05) is 13.0 Å². The van der Waals surface area contributed by atoms with E-state index in [0.717, 1.165) is 12.5 Å². The average molecular weight is 238 g/mol. The van der Waals surface area contributed by atoms with E-state index >= 15 is 0 Å². The number of nitrogens with two attached hydrogens (primary N) is 1. The fraction of sp³-hybridized carbons (Fsp3) is 0.692. The molecule has 0 spiro atoms. The van der Waals surface area contributed by atoms with Crippen molar-refractivity contribution in [1.82, 2.24) is 4.90 Å². The second-order valence-corrected chi connectivity index (χ2v) is 5.63. The first-order valence-corrected chi connectivity index (χ1v) is 7.20. The molecule has 1 aliphatic heterocycles. The van der Waals surface area contributed by atoms with Crippen LogP contribution in [0, 0.1) is 5.92 Å². The highest BCUT2D eigenvalue weighted by Gasteiger charge is 2.24. The van der Waals surface area contributed by atoms with Crippen LogP contribution >= 0.6 is 11.3 Å². The number of thiophene rings is 1. The molecule has 1 atom stereocenters. The highest BCUT2D eigenvalue weighted by Crippen LogP contribution is 2.31. The zero-order valence-electron chi connectivity index (χ0n) is 10.1. The highest BCUT2D eigenvalue weighted by molar-refractivity contribution is 7.10. The second kappa shape index (κ2) is 5.80. The molecule has 2 nitrogen and oxygen atoms in total. The van der Waals surface area contributed by atoms with Gasteiger partial charge in [-0.25, -0.2) is 0 Å². The number of hydrogen-bond donors (Lipinski definition) is 1. The molecule has 1 fully saturated rings. The molecule has 0 saturated carbocycles. The van der Waals surface area contributed by atoms with Crippen LogP contribution in [0.3, 0.4) is 0 Å². The van der Waals surface area contributed by atoms with E-state index in [2.05, 4.69) is 29.3 Å². The van der Waals surface area contributed by atoms with Crippen LogP contribution in [0.2, 0.25) is 0 Å². The van der Waals surface area contributed by atoms with Gasteiger partial charge in [-0.05, 0) is 56.3 Å². The van der Waals surface area contributed by atoms with E-state index < -0.39 is 0 Å². The molecule has 2 rings (SSSR count). The van der Waals surface area contributed by atoms with Crippen LogP contribution in [0.4, 0.5) is 0 Å². The minimum atomic E-state index is 0.638. The Bertz CT molecular complexity index is 289. The van der Waals surface area contributed by atoms with Crippen molar-refractivity contribution in [1.29, 1.82) is 0 Å². The van der Waals surface area contributed by atoms with Gasteiger partial charge in [-0.15, -0.1) is 11.3 Å². The largest absolute Gasteiger partial charge is 0.330 e. The van der Waals surface area contributed by atoms with Crippen molar-refractivity contribution in [2.24, 2.45) is 11.7 Å². The Morgan fingerprint density at radius 2 is 2.25 bits per heavy atom. The summed E-state index contributed by atoms with van der Waals surface area (Å²) in [4.78, 5) is 4.16. The van der Waals surface area contributed by atoms with E-state index in [9.17, 15) is 0 Å². The van der Waals surface area contributed by atoms with Gasteiger partial charge in [0.05, 0.1) is 0 Å². The molecule has 1 aliphatic rings. The lowest BCUT2D eigenvalue weighted by atomic mass is 9.95. The topological polar surface area (TPSA) is 29.3 Å². The molecule has 1 unspecified atom stereocenters. The van der Waals surface area contributed by atoms with Gasteiger partial charge < -0.3 is 5.73 Å². The molecular weight excluding hydrogens is 216 g/mol. The van der Waals surface area contributed by atoms with Crippen molar-refractivity contribution in [3.8, 4) is 0 Å². The van der Waals surface area contributed by atoms with Crippen molar-refractivity contribution in [3.05, 3.63) is 22.4 Å². The molecule has 16 heavy (non-hydrogen) atoms. The van der Waals surface area contributed by atoms with E-state index in [1.165, 1.54) is 37.2 Å². The summed E-state index contributed by atoms with van der Waals surface area (Å²) in [6.07, 6.45) is 3.77. The minimum Gasteiger partial charge on any atom is -0.330 e. The lowest BCUT2D eigenvalue weighted by Gasteiger charge is -2.36. The number of piperidine rings is 1. The van der Waals surface area contributed by atoms with Crippen LogP contribution in [0.15, 0.2) is 17.5 Å². The molecule has 1 aromatic rings. The summed E-state index contributed by atoms with van der Waals surface area (Å²) in [6, 6.07) is 5.07. The van der Waals surface area contributed by atoms with Crippen LogP contribution in [-0.2, 0) is 0 Å². The van der Waals surface area contributed by atoms with Crippen LogP contribution in [0.25, 0.3) is 0 Å². The van der Waals surface area contributed by atoms with E-state index in [1.807, 2.05) is 11.3 Å². The monoisotopic (exact) mass is 238 g/mol. The SMILES string of the molecule is CCC(c1cccs1)N1CCC(CN)CC1. The van der Waals surface area contributed by atoms with Gasteiger partial charge in [0.25, 0.3) is 0 Å². The lowest BCUT2D eigenvalue weighted by Crippen LogP contribution is -2.38. The quantitative estimate of drug-likeness (QED) is 0.874. The summed E-state index contributed by atoms with van der Waals surface area (Å²) in [5.74, 6) is 0.761. The summed E-state index contributed by atoms with van der Waals surface area (Å²) in [5.41, 5.74) is 5.74. The Kier molecular flexibility index (Phi) is 4.38. The Morgan fingerprint density at radius 1 is 1.50 bits per heavy atom. The van der Waals surface area contributed by atoms with Crippen molar-refractivity contribution >= 4 is 11.3 Å². The predicted octanol–water partition coefficient (Wildman–Crippen LogP) is 2.87. The van der Waals surface area contributed by atoms with Crippen LogP contribution in [0.5, 0.6) is 0 Å². The molecule has 0 aliphatic carbocycles. The maximum absolute atomic E-state index is 5.74. The molecule has 1 saturated heterocycles. The third-order valence-electron chi connectivity index (χ3n) is 3.68. The molecule has 0 bridgehead atoms. The normalized spacial score (nSPS) is 21.1. The summed E-state index contributed by atoms with van der Waals surface area (Å²) in [6.45, 7) is 5.60. The van der Waals surface area contributed by atoms with E-state index in [0.29, 0.717) is 6.04 Å². The molecule has 2 N–H and O–H groups in total. The Labute approximate surface area is 102 Å². The molecule has 0 amide bonds. The van der Waals surface area contributed by atoms with Crippen LogP contribution in [0.1, 0.15) is 37.1 Å². The standard InChI is InChI=1S/C13H22N2S/c1-2-12(13-4-3-9-16-13)15-7-5-11(10-14)6-8-15/h3-4,9,11-12H,2,5-8,10,14H2,1H3. The summed E-state index contributed by atoms with van der Waals surface area (Å²) < 4.78 is 0. The van der Waals surface area contributed by atoms with Gasteiger partial charge in [-0.2, -0.15) is 0 Å². The van der Waals surface area contributed by atoms with Gasteiger partial charge in [0, 0.05) is 10.9 Å². The maximum atomic E-state index is 5.74. The highest BCUT2D eigenvalue weighted by atomic mass is 32.1. The fourth-order valence-electron chi connectivity index (χ4n) is 2.62. The van der Waals surface area contributed by atoms with Gasteiger partial charge in [-0.3, -0.25) is 4.90 Å². The lowest BCUT2D eigenvalue weighted by molar-refractivity contribution is 0.133. The average Bonchev–Trinajstić information content (AvgIpc) is 2.85. The molecule has 3 heteroatoms. The summed E-state index contributed by atoms with van der Waals surface area (Å²) >= 11 is 1.89. The second-order valence-electron chi connectivity index (χ2n) is 4.65. The summed E-state index contributed by atoms with van der Waals surface area (Å²) in [5, 5.41) is 2.19. The summed E-state index contributed by atoms with van der Waals surface area (Å²) in [7, 11) is 0. The van der Waals surface area contributed by atoms with Gasteiger partial charge in [0.15, 0.2) is 0 Å². The molecule has 0 aromatic carbocycles. The fourth-order valence-corrected chi connectivity index (χ4v) is 3.56. The first-order valence-electron chi connectivity index (χ1n) is 6.32. The van der Waals surface area contributed by atoms with Gasteiger partial charge in [0.1, 0.15) is 0 Å². The first-order chi connectivity index (χ1) is 7.85. The number of nitrogens with zero attached hydrogens (tertiary/aromatic N) is 1. The third kappa shape index (κ3) is 2.65. The molecular formula is C13H22N2S. The molecule has 0 radical (unpaired) electrons. The molecule has 2 heterocycles. The zero-order valence-corrected chi connectivity index (χ0v) is 10.9. The first kappa shape index (κ1) is 12.1. The van der Waals surface area contributed by atoms with Crippen molar-refractivity contribution in [2.75, 3.05) is 19.6 Å². The van der Waals surface area contributed by atoms with E-state index in [1.54, 1.807) is 0 Å². The molecule has 90 valence electrons. The van der Waals surface area contributed by atoms with Crippen molar-refractivity contribution < 1.29 is 0 Å². The van der Waals surface area contributed by atoms with E-state index in [-0.39, 0.29) is 0 Å². The Hall–Kier alpha value is -0.380.